The summed E-state index contributed by atoms with van der Waals surface area (Å²) in [6.07, 6.45) is 7.24. The van der Waals surface area contributed by atoms with E-state index < -0.39 is 23.8 Å². The maximum Gasteiger partial charge on any atom is 0.340 e. The Bertz CT molecular complexity index is 1950. The van der Waals surface area contributed by atoms with Crippen molar-refractivity contribution >= 4 is 17.4 Å². The van der Waals surface area contributed by atoms with E-state index >= 15 is 4.39 Å². The molecule has 1 fully saturated rings. The Labute approximate surface area is 300 Å². The number of carbonyl (C=O) groups excluding carboxylic acids is 1. The van der Waals surface area contributed by atoms with Crippen LogP contribution in [-0.2, 0) is 19.0 Å². The lowest BCUT2D eigenvalue weighted by Gasteiger charge is -2.41. The molecule has 2 aromatic heterocycles. The first kappa shape index (κ1) is 37.5. The summed E-state index contributed by atoms with van der Waals surface area (Å²) in [6.45, 7) is 20.7. The van der Waals surface area contributed by atoms with Gasteiger partial charge in [-0.05, 0) is 91.5 Å². The molecule has 270 valence electrons. The molecular formula is C41H49FN4O5. The number of hydrogen-bond donors (Lipinski definition) is 0. The second kappa shape index (κ2) is 15.3. The second-order valence-corrected chi connectivity index (χ2v) is 14.2. The largest absolute Gasteiger partial charge is 0.477 e. The third-order valence-electron chi connectivity index (χ3n) is 8.99. The Morgan fingerprint density at radius 2 is 1.86 bits per heavy atom. The first-order valence-electron chi connectivity index (χ1n) is 17.5. The molecule has 4 aromatic rings. The molecule has 0 unspecified atom stereocenters. The average Bonchev–Trinajstić information content (AvgIpc) is 3.51. The number of anilines is 1. The maximum absolute atomic E-state index is 15.8. The number of carbonyl (C=O) groups is 1. The number of aryl methyl sites for hydroxylation is 2. The van der Waals surface area contributed by atoms with E-state index in [-0.39, 0.29) is 18.0 Å². The summed E-state index contributed by atoms with van der Waals surface area (Å²) < 4.78 is 41.6. The summed E-state index contributed by atoms with van der Waals surface area (Å²) in [5.41, 5.74) is 3.62. The molecule has 0 bridgehead atoms. The smallest absolute Gasteiger partial charge is 0.340 e. The van der Waals surface area contributed by atoms with Crippen LogP contribution in [0.2, 0.25) is 0 Å². The minimum Gasteiger partial charge on any atom is -0.477 e. The molecule has 0 N–H and O–H groups in total. The Balaban J connectivity index is 1.68. The summed E-state index contributed by atoms with van der Waals surface area (Å²) in [4.78, 5) is 20.8. The molecule has 9 nitrogen and oxygen atoms in total. The van der Waals surface area contributed by atoms with Crippen LogP contribution in [-0.4, -0.2) is 64.2 Å². The van der Waals surface area contributed by atoms with Crippen LogP contribution in [0.5, 0.6) is 5.75 Å². The molecule has 0 aliphatic carbocycles. The van der Waals surface area contributed by atoms with Crippen LogP contribution in [0.4, 0.5) is 10.2 Å². The summed E-state index contributed by atoms with van der Waals surface area (Å²) in [5.74, 6) is 2.74. The average molecular weight is 697 g/mol. The van der Waals surface area contributed by atoms with Crippen LogP contribution in [0.1, 0.15) is 77.3 Å². The number of aromatic nitrogens is 3. The zero-order valence-electron chi connectivity index (χ0n) is 31.0. The third-order valence-corrected chi connectivity index (χ3v) is 8.99. The number of piperidine rings is 1. The van der Waals surface area contributed by atoms with Gasteiger partial charge in [0.1, 0.15) is 17.4 Å². The molecule has 51 heavy (non-hydrogen) atoms. The first-order valence-corrected chi connectivity index (χ1v) is 17.5. The van der Waals surface area contributed by atoms with Crippen molar-refractivity contribution in [2.45, 2.75) is 91.6 Å². The van der Waals surface area contributed by atoms with Crippen LogP contribution >= 0.6 is 0 Å². The molecule has 1 saturated heterocycles. The highest BCUT2D eigenvalue weighted by Gasteiger charge is 2.38. The predicted molar refractivity (Wildman–Crippen MR) is 198 cm³/mol. The van der Waals surface area contributed by atoms with E-state index in [9.17, 15) is 4.79 Å². The van der Waals surface area contributed by atoms with Crippen LogP contribution in [0, 0.1) is 32.0 Å². The molecule has 1 aliphatic rings. The van der Waals surface area contributed by atoms with Crippen LogP contribution in [0.25, 0.3) is 28.0 Å². The fourth-order valence-electron chi connectivity index (χ4n) is 6.35. The molecule has 0 amide bonds. The van der Waals surface area contributed by atoms with Gasteiger partial charge in [-0.25, -0.2) is 14.2 Å². The topological polar surface area (TPSA) is 87.4 Å². The quantitative estimate of drug-likeness (QED) is 0.0833. The highest BCUT2D eigenvalue weighted by atomic mass is 19.1. The summed E-state index contributed by atoms with van der Waals surface area (Å²) >= 11 is 0. The number of rotatable bonds is 12. The van der Waals surface area contributed by atoms with Crippen molar-refractivity contribution in [3.63, 3.8) is 0 Å². The van der Waals surface area contributed by atoms with Crippen molar-refractivity contribution in [1.82, 2.24) is 14.6 Å². The zero-order chi connectivity index (χ0) is 37.1. The summed E-state index contributed by atoms with van der Waals surface area (Å²) in [6, 6.07) is 12.8. The Kier molecular flexibility index (Phi) is 11.2. The van der Waals surface area contributed by atoms with E-state index in [1.807, 2.05) is 58.0 Å². The Hall–Kier alpha value is -4.72. The van der Waals surface area contributed by atoms with E-state index in [0.717, 1.165) is 18.4 Å². The molecule has 2 atom stereocenters. The molecule has 1 aliphatic heterocycles. The third kappa shape index (κ3) is 8.27. The van der Waals surface area contributed by atoms with Gasteiger partial charge in [0.25, 0.3) is 0 Å². The van der Waals surface area contributed by atoms with Crippen molar-refractivity contribution in [1.29, 1.82) is 0 Å². The lowest BCUT2D eigenvalue weighted by Crippen LogP contribution is -2.45. The number of terminal acetylenes is 1. The SMILES string of the molecule is C#C[C@H](C)Oc1ccc(C)c(F)c1-c1cccc(-c2cc3nc(C)c([C@H](OC(C)(C)C)C(=O)OCC)c(N4CCC(C)(OCC=C)CC4)n3n2)c1. The lowest BCUT2D eigenvalue weighted by atomic mass is 9.92. The normalized spacial score (nSPS) is 15.6. The van der Waals surface area contributed by atoms with E-state index in [4.69, 9.17) is 35.5 Å². The second-order valence-electron chi connectivity index (χ2n) is 14.2. The fourth-order valence-corrected chi connectivity index (χ4v) is 6.35. The molecule has 5 rings (SSSR count). The van der Waals surface area contributed by atoms with Gasteiger partial charge in [-0.2, -0.15) is 9.61 Å². The minimum atomic E-state index is -1.05. The van der Waals surface area contributed by atoms with E-state index in [0.29, 0.717) is 70.6 Å². The van der Waals surface area contributed by atoms with Gasteiger partial charge in [0.05, 0.1) is 41.2 Å². The van der Waals surface area contributed by atoms with Crippen LogP contribution < -0.4 is 9.64 Å². The number of halogens is 1. The van der Waals surface area contributed by atoms with Crippen molar-refractivity contribution in [3.05, 3.63) is 77.8 Å². The standard InChI is InChI=1S/C41H49FN4O5/c1-11-23-49-41(10)19-21-45(22-20-41)38-34(37(39(47)48-13-3)51-40(7,8)9)28(6)43-33-25-31(44-46(33)38)29-15-14-16-30(24-29)35-32(50-27(5)12-2)18-17-26(4)36(35)42/h2,11,14-18,24-25,27,37H,1,13,19-23H2,3-10H3/t27-,37-/m0/s1. The molecule has 10 heteroatoms. The number of esters is 1. The van der Waals surface area contributed by atoms with Gasteiger partial charge >= 0.3 is 5.97 Å². The van der Waals surface area contributed by atoms with Gasteiger partial charge in [0.2, 0.25) is 0 Å². The number of ether oxygens (including phenoxy) is 4. The van der Waals surface area contributed by atoms with E-state index in [1.54, 1.807) is 43.5 Å². The highest BCUT2D eigenvalue weighted by Crippen LogP contribution is 2.40. The number of benzene rings is 2. The number of hydrogen-bond acceptors (Lipinski definition) is 8. The number of fused-ring (bicyclic) bond motifs is 1. The van der Waals surface area contributed by atoms with Crippen molar-refractivity contribution in [2.75, 3.05) is 31.2 Å². The molecular weight excluding hydrogens is 647 g/mol. The van der Waals surface area contributed by atoms with Crippen LogP contribution in [0.15, 0.2) is 55.1 Å². The zero-order valence-corrected chi connectivity index (χ0v) is 31.0. The molecule has 0 radical (unpaired) electrons. The number of nitrogens with zero attached hydrogens (tertiary/aromatic N) is 4. The fraction of sp³-hybridized carbons (Fsp3) is 0.439. The van der Waals surface area contributed by atoms with Gasteiger partial charge in [-0.3, -0.25) is 0 Å². The van der Waals surface area contributed by atoms with Gasteiger partial charge < -0.3 is 23.8 Å². The first-order chi connectivity index (χ1) is 24.2. The predicted octanol–water partition coefficient (Wildman–Crippen LogP) is 8.20. The highest BCUT2D eigenvalue weighted by molar-refractivity contribution is 5.81. The van der Waals surface area contributed by atoms with Gasteiger partial charge in [0.15, 0.2) is 17.9 Å². The maximum atomic E-state index is 15.8. The van der Waals surface area contributed by atoms with Crippen LogP contribution in [0.3, 0.4) is 0 Å². The van der Waals surface area contributed by atoms with Crippen molar-refractivity contribution in [2.24, 2.45) is 0 Å². The van der Waals surface area contributed by atoms with Crippen molar-refractivity contribution < 1.29 is 28.1 Å². The lowest BCUT2D eigenvalue weighted by molar-refractivity contribution is -0.166. The van der Waals surface area contributed by atoms with Gasteiger partial charge in [-0.15, -0.1) is 13.0 Å². The van der Waals surface area contributed by atoms with E-state index in [2.05, 4.69) is 24.3 Å². The summed E-state index contributed by atoms with van der Waals surface area (Å²) in [5, 5.41) is 5.10. The Morgan fingerprint density at radius 3 is 2.51 bits per heavy atom. The monoisotopic (exact) mass is 696 g/mol. The molecule has 0 saturated carbocycles. The van der Waals surface area contributed by atoms with Gasteiger partial charge in [0, 0.05) is 30.4 Å². The summed E-state index contributed by atoms with van der Waals surface area (Å²) in [7, 11) is 0. The van der Waals surface area contributed by atoms with E-state index in [1.165, 1.54) is 0 Å². The van der Waals surface area contributed by atoms with Crippen molar-refractivity contribution in [3.8, 4) is 40.5 Å². The minimum absolute atomic E-state index is 0.202. The molecule has 3 heterocycles. The Morgan fingerprint density at radius 1 is 1.16 bits per heavy atom. The van der Waals surface area contributed by atoms with Gasteiger partial charge in [-0.1, -0.05) is 36.3 Å². The molecule has 0 spiro atoms. The molecule has 2 aromatic carbocycles.